The van der Waals surface area contributed by atoms with E-state index in [9.17, 15) is 4.79 Å². The Hall–Kier alpha value is -0.570. The van der Waals surface area contributed by atoms with Crippen LogP contribution in [0.15, 0.2) is 0 Å². The zero-order valence-electron chi connectivity index (χ0n) is 13.1. The largest absolute Gasteiger partial charge is 0.465 e. The molecule has 0 fully saturated rings. The van der Waals surface area contributed by atoms with Crippen molar-refractivity contribution in [1.82, 2.24) is 0 Å². The lowest BCUT2D eigenvalue weighted by Crippen LogP contribution is -2.48. The molecule has 3 heteroatoms. The first-order valence-corrected chi connectivity index (χ1v) is 6.96. The summed E-state index contributed by atoms with van der Waals surface area (Å²) in [7, 11) is 0. The monoisotopic (exact) mass is 258 g/mol. The molecule has 0 heterocycles. The molecule has 3 nitrogen and oxygen atoms in total. The van der Waals surface area contributed by atoms with E-state index in [1.807, 2.05) is 13.8 Å². The van der Waals surface area contributed by atoms with Crippen molar-refractivity contribution in [1.29, 1.82) is 0 Å². The van der Waals surface area contributed by atoms with Gasteiger partial charge in [-0.25, -0.2) is 0 Å². The summed E-state index contributed by atoms with van der Waals surface area (Å²) in [6.07, 6.45) is 0.787. The van der Waals surface area contributed by atoms with E-state index in [4.69, 9.17) is 9.47 Å². The van der Waals surface area contributed by atoms with Crippen molar-refractivity contribution in [3.63, 3.8) is 0 Å². The molecule has 0 aliphatic carbocycles. The summed E-state index contributed by atoms with van der Waals surface area (Å²) in [5.74, 6) is 0.300. The van der Waals surface area contributed by atoms with Crippen LogP contribution in [0.4, 0.5) is 0 Å². The lowest BCUT2D eigenvalue weighted by molar-refractivity contribution is -0.171. The number of hydrogen-bond donors (Lipinski definition) is 0. The lowest BCUT2D eigenvalue weighted by atomic mass is 9.63. The highest BCUT2D eigenvalue weighted by molar-refractivity contribution is 5.78. The molecule has 0 aromatic carbocycles. The van der Waals surface area contributed by atoms with Crippen molar-refractivity contribution in [3.8, 4) is 0 Å². The van der Waals surface area contributed by atoms with Gasteiger partial charge in [-0.1, -0.05) is 34.6 Å². The third kappa shape index (κ3) is 4.27. The van der Waals surface area contributed by atoms with Crippen LogP contribution in [0.3, 0.4) is 0 Å². The van der Waals surface area contributed by atoms with Gasteiger partial charge in [-0.3, -0.25) is 4.79 Å². The number of esters is 1. The lowest BCUT2D eigenvalue weighted by Gasteiger charge is -2.43. The first kappa shape index (κ1) is 17.4. The molecule has 0 aromatic rings. The van der Waals surface area contributed by atoms with Gasteiger partial charge in [-0.05, 0) is 31.6 Å². The van der Waals surface area contributed by atoms with Crippen LogP contribution in [-0.2, 0) is 14.3 Å². The second-order valence-electron chi connectivity index (χ2n) is 6.29. The molecule has 0 bridgehead atoms. The fourth-order valence-electron chi connectivity index (χ4n) is 2.27. The summed E-state index contributed by atoms with van der Waals surface area (Å²) in [5, 5.41) is 0. The number of ether oxygens (including phenoxy) is 2. The molecule has 0 rings (SSSR count). The van der Waals surface area contributed by atoms with Crippen LogP contribution in [0.1, 0.15) is 54.9 Å². The zero-order valence-corrected chi connectivity index (χ0v) is 13.1. The summed E-state index contributed by atoms with van der Waals surface area (Å²) in [5.41, 5.74) is -0.744. The van der Waals surface area contributed by atoms with Crippen LogP contribution in [0.2, 0.25) is 0 Å². The molecule has 0 saturated carbocycles. The minimum absolute atomic E-state index is 0.125. The smallest absolute Gasteiger partial charge is 0.314 e. The summed E-state index contributed by atoms with van der Waals surface area (Å²) >= 11 is 0. The molecule has 0 aliphatic heterocycles. The van der Waals surface area contributed by atoms with E-state index in [0.29, 0.717) is 25.7 Å². The molecule has 0 spiro atoms. The predicted molar refractivity (Wildman–Crippen MR) is 74.5 cm³/mol. The maximum absolute atomic E-state index is 12.5. The van der Waals surface area contributed by atoms with Crippen molar-refractivity contribution in [2.45, 2.75) is 54.9 Å². The van der Waals surface area contributed by atoms with Crippen LogP contribution in [0.25, 0.3) is 0 Å². The number of hydrogen-bond acceptors (Lipinski definition) is 3. The Kier molecular flexibility index (Phi) is 6.90. The van der Waals surface area contributed by atoms with Crippen molar-refractivity contribution in [2.24, 2.45) is 16.7 Å². The van der Waals surface area contributed by atoms with Crippen LogP contribution < -0.4 is 0 Å². The highest BCUT2D eigenvalue weighted by atomic mass is 16.5. The number of carbonyl (C=O) groups is 1. The highest BCUT2D eigenvalue weighted by Gasteiger charge is 2.50. The fourth-order valence-corrected chi connectivity index (χ4v) is 2.27. The van der Waals surface area contributed by atoms with Gasteiger partial charge in [0.2, 0.25) is 0 Å². The second kappa shape index (κ2) is 7.13. The van der Waals surface area contributed by atoms with E-state index in [1.54, 1.807) is 0 Å². The Balaban J connectivity index is 5.32. The van der Waals surface area contributed by atoms with Gasteiger partial charge in [-0.15, -0.1) is 0 Å². The van der Waals surface area contributed by atoms with Gasteiger partial charge in [0, 0.05) is 6.61 Å². The molecular weight excluding hydrogens is 228 g/mol. The zero-order chi connectivity index (χ0) is 14.4. The minimum Gasteiger partial charge on any atom is -0.465 e. The van der Waals surface area contributed by atoms with Crippen LogP contribution in [-0.4, -0.2) is 25.8 Å². The van der Waals surface area contributed by atoms with Crippen LogP contribution in [0.5, 0.6) is 0 Å². The quantitative estimate of drug-likeness (QED) is 0.654. The van der Waals surface area contributed by atoms with Gasteiger partial charge in [0.15, 0.2) is 0 Å². The van der Waals surface area contributed by atoms with E-state index >= 15 is 0 Å². The van der Waals surface area contributed by atoms with Crippen molar-refractivity contribution >= 4 is 5.97 Å². The predicted octanol–water partition coefficient (Wildman–Crippen LogP) is 3.66. The molecule has 1 unspecified atom stereocenters. The SMILES string of the molecule is CCOCC(CC(C)C)(C(=O)OCC)C(C)(C)C. The molecule has 0 aliphatic rings. The summed E-state index contributed by atoms with van der Waals surface area (Å²) < 4.78 is 10.9. The van der Waals surface area contributed by atoms with Gasteiger partial charge in [-0.2, -0.15) is 0 Å². The third-order valence-corrected chi connectivity index (χ3v) is 3.41. The third-order valence-electron chi connectivity index (χ3n) is 3.41. The van der Waals surface area contributed by atoms with Gasteiger partial charge < -0.3 is 9.47 Å². The molecule has 0 N–H and O–H groups in total. The Morgan fingerprint density at radius 1 is 1.11 bits per heavy atom. The standard InChI is InChI=1S/C15H30O3/c1-8-17-11-15(10-12(3)4,14(5,6)7)13(16)18-9-2/h12H,8-11H2,1-7H3. The van der Waals surface area contributed by atoms with Crippen LogP contribution >= 0.6 is 0 Å². The maximum Gasteiger partial charge on any atom is 0.314 e. The second-order valence-corrected chi connectivity index (χ2v) is 6.29. The number of carbonyl (C=O) groups excluding carboxylic acids is 1. The topological polar surface area (TPSA) is 35.5 Å². The summed E-state index contributed by atoms with van der Waals surface area (Å²) in [6, 6.07) is 0. The first-order valence-electron chi connectivity index (χ1n) is 6.96. The van der Waals surface area contributed by atoms with Crippen molar-refractivity contribution < 1.29 is 14.3 Å². The molecule has 1 atom stereocenters. The van der Waals surface area contributed by atoms with Crippen molar-refractivity contribution in [2.75, 3.05) is 19.8 Å². The Bertz CT molecular complexity index is 253. The summed E-state index contributed by atoms with van der Waals surface area (Å²) in [4.78, 5) is 12.5. The van der Waals surface area contributed by atoms with Crippen molar-refractivity contribution in [3.05, 3.63) is 0 Å². The normalized spacial score (nSPS) is 15.6. The van der Waals surface area contributed by atoms with Crippen LogP contribution in [0, 0.1) is 16.7 Å². The van der Waals surface area contributed by atoms with E-state index in [2.05, 4.69) is 34.6 Å². The van der Waals surface area contributed by atoms with E-state index in [0.717, 1.165) is 6.42 Å². The van der Waals surface area contributed by atoms with E-state index in [-0.39, 0.29) is 11.4 Å². The molecule has 108 valence electrons. The molecule has 0 amide bonds. The average molecular weight is 258 g/mol. The molecular formula is C15H30O3. The van der Waals surface area contributed by atoms with Gasteiger partial charge in [0.05, 0.1) is 18.6 Å². The molecule has 18 heavy (non-hydrogen) atoms. The molecule has 0 aromatic heterocycles. The maximum atomic E-state index is 12.5. The Morgan fingerprint density at radius 3 is 2.00 bits per heavy atom. The Morgan fingerprint density at radius 2 is 1.67 bits per heavy atom. The minimum atomic E-state index is -0.562. The molecule has 0 saturated heterocycles. The van der Waals surface area contributed by atoms with E-state index in [1.165, 1.54) is 0 Å². The van der Waals surface area contributed by atoms with Gasteiger partial charge in [0.1, 0.15) is 0 Å². The first-order chi connectivity index (χ1) is 8.21. The van der Waals surface area contributed by atoms with E-state index < -0.39 is 5.41 Å². The molecule has 0 radical (unpaired) electrons. The highest BCUT2D eigenvalue weighted by Crippen LogP contribution is 2.45. The van der Waals surface area contributed by atoms with Gasteiger partial charge in [0.25, 0.3) is 0 Å². The number of rotatable bonds is 7. The fraction of sp³-hybridized carbons (Fsp3) is 0.933. The Labute approximate surface area is 112 Å². The summed E-state index contributed by atoms with van der Waals surface area (Å²) in [6.45, 7) is 15.8. The average Bonchev–Trinajstić information content (AvgIpc) is 2.22. The van der Waals surface area contributed by atoms with Gasteiger partial charge >= 0.3 is 5.97 Å².